The number of sulfonamides is 1. The molecule has 1 unspecified atom stereocenters. The summed E-state index contributed by atoms with van der Waals surface area (Å²) in [5.74, 6) is -0.321. The highest BCUT2D eigenvalue weighted by atomic mass is 32.2. The number of nitrogens with zero attached hydrogens (tertiary/aromatic N) is 2. The van der Waals surface area contributed by atoms with Gasteiger partial charge in [-0.25, -0.2) is 8.42 Å². The highest BCUT2D eigenvalue weighted by molar-refractivity contribution is 7.92. The first-order chi connectivity index (χ1) is 10.3. The topological polar surface area (TPSA) is 127 Å². The lowest BCUT2D eigenvalue weighted by molar-refractivity contribution is -0.116. The summed E-state index contributed by atoms with van der Waals surface area (Å²) in [6.45, 7) is 0. The zero-order valence-electron chi connectivity index (χ0n) is 11.7. The van der Waals surface area contributed by atoms with Crippen molar-refractivity contribution >= 4 is 37.5 Å². The van der Waals surface area contributed by atoms with Crippen molar-refractivity contribution in [2.45, 2.75) is 12.5 Å². The van der Waals surface area contributed by atoms with E-state index >= 15 is 0 Å². The van der Waals surface area contributed by atoms with Crippen molar-refractivity contribution in [3.63, 3.8) is 0 Å². The van der Waals surface area contributed by atoms with Crippen molar-refractivity contribution in [2.75, 3.05) is 16.3 Å². The summed E-state index contributed by atoms with van der Waals surface area (Å²) >= 11 is 0.926. The zero-order chi connectivity index (χ0) is 16.2. The van der Waals surface area contributed by atoms with E-state index in [2.05, 4.69) is 20.2 Å². The first-order valence-electron chi connectivity index (χ1n) is 6.25. The van der Waals surface area contributed by atoms with Crippen LogP contribution in [-0.4, -0.2) is 30.8 Å². The van der Waals surface area contributed by atoms with Gasteiger partial charge in [0.25, 0.3) is 0 Å². The van der Waals surface area contributed by atoms with Gasteiger partial charge in [-0.3, -0.25) is 9.52 Å². The minimum atomic E-state index is -3.42. The van der Waals surface area contributed by atoms with E-state index in [1.54, 1.807) is 0 Å². The predicted octanol–water partition coefficient (Wildman–Crippen LogP) is 0.938. The number of aromatic nitrogens is 2. The molecule has 0 aliphatic rings. The molecular formula is C12H15N5O3S2. The Kier molecular flexibility index (Phi) is 5.06. The molecule has 0 fully saturated rings. The number of hydrogen-bond donors (Lipinski definition) is 3. The van der Waals surface area contributed by atoms with Crippen LogP contribution in [0.15, 0.2) is 30.3 Å². The summed E-state index contributed by atoms with van der Waals surface area (Å²) in [7, 11) is -3.42. The Morgan fingerprint density at radius 3 is 2.55 bits per heavy atom. The first-order valence-corrected chi connectivity index (χ1v) is 8.96. The SMILES string of the molecule is CS(=O)(=O)Nc1nnc(NC(=O)CC(N)c2ccccc2)s1. The smallest absolute Gasteiger partial charge is 0.231 e. The number of benzene rings is 1. The van der Waals surface area contributed by atoms with E-state index in [-0.39, 0.29) is 22.6 Å². The highest BCUT2D eigenvalue weighted by Crippen LogP contribution is 2.21. The molecule has 8 nitrogen and oxygen atoms in total. The van der Waals surface area contributed by atoms with Gasteiger partial charge in [0.15, 0.2) is 0 Å². The van der Waals surface area contributed by atoms with E-state index in [1.807, 2.05) is 30.3 Å². The maximum absolute atomic E-state index is 11.9. The van der Waals surface area contributed by atoms with E-state index in [0.717, 1.165) is 23.2 Å². The van der Waals surface area contributed by atoms with Crippen LogP contribution in [0.4, 0.5) is 10.3 Å². The van der Waals surface area contributed by atoms with Crippen molar-refractivity contribution < 1.29 is 13.2 Å². The number of carbonyl (C=O) groups excluding carboxylic acids is 1. The van der Waals surface area contributed by atoms with Crippen LogP contribution in [0.5, 0.6) is 0 Å². The number of nitrogens with one attached hydrogen (secondary N) is 2. The fourth-order valence-corrected chi connectivity index (χ4v) is 3.15. The van der Waals surface area contributed by atoms with Gasteiger partial charge in [-0.1, -0.05) is 41.7 Å². The molecule has 0 saturated carbocycles. The van der Waals surface area contributed by atoms with Gasteiger partial charge in [-0.05, 0) is 5.56 Å². The molecule has 22 heavy (non-hydrogen) atoms. The van der Waals surface area contributed by atoms with Crippen molar-refractivity contribution in [2.24, 2.45) is 5.73 Å². The van der Waals surface area contributed by atoms with Gasteiger partial charge >= 0.3 is 0 Å². The third-order valence-corrected chi connectivity index (χ3v) is 4.02. The molecule has 0 bridgehead atoms. The van der Waals surface area contributed by atoms with Crippen molar-refractivity contribution in [3.05, 3.63) is 35.9 Å². The standard InChI is InChI=1S/C12H15N5O3S2/c1-22(19,20)17-12-16-15-11(21-12)14-10(18)7-9(13)8-5-3-2-4-6-8/h2-6,9H,7,13H2,1H3,(H,16,17)(H,14,15,18). The van der Waals surface area contributed by atoms with Crippen molar-refractivity contribution in [1.82, 2.24) is 10.2 Å². The molecule has 0 spiro atoms. The lowest BCUT2D eigenvalue weighted by Gasteiger charge is -2.10. The molecule has 0 aliphatic carbocycles. The number of rotatable bonds is 6. The first kappa shape index (κ1) is 16.3. The van der Waals surface area contributed by atoms with E-state index in [9.17, 15) is 13.2 Å². The molecule has 1 aromatic carbocycles. The summed E-state index contributed by atoms with van der Waals surface area (Å²) in [4.78, 5) is 11.9. The van der Waals surface area contributed by atoms with E-state index in [1.165, 1.54) is 0 Å². The zero-order valence-corrected chi connectivity index (χ0v) is 13.3. The number of carbonyl (C=O) groups is 1. The van der Waals surface area contributed by atoms with Crippen molar-refractivity contribution in [3.8, 4) is 0 Å². The molecular weight excluding hydrogens is 326 g/mol. The van der Waals surface area contributed by atoms with Crippen LogP contribution < -0.4 is 15.8 Å². The number of hydrogen-bond acceptors (Lipinski definition) is 7. The molecule has 2 rings (SSSR count). The summed E-state index contributed by atoms with van der Waals surface area (Å²) in [6, 6.07) is 8.83. The Hall–Kier alpha value is -2.04. The summed E-state index contributed by atoms with van der Waals surface area (Å²) < 4.78 is 24.3. The molecule has 1 amide bonds. The van der Waals surface area contributed by atoms with Gasteiger partial charge in [0.1, 0.15) is 0 Å². The van der Waals surface area contributed by atoms with Crippen LogP contribution >= 0.6 is 11.3 Å². The quantitative estimate of drug-likeness (QED) is 0.717. The van der Waals surface area contributed by atoms with E-state index in [0.29, 0.717) is 0 Å². The van der Waals surface area contributed by atoms with E-state index < -0.39 is 16.1 Å². The van der Waals surface area contributed by atoms with Crippen LogP contribution in [0.2, 0.25) is 0 Å². The Balaban J connectivity index is 1.92. The molecule has 1 aromatic heterocycles. The number of amides is 1. The lowest BCUT2D eigenvalue weighted by Crippen LogP contribution is -2.20. The summed E-state index contributed by atoms with van der Waals surface area (Å²) in [5.41, 5.74) is 6.81. The number of anilines is 2. The monoisotopic (exact) mass is 341 g/mol. The van der Waals surface area contributed by atoms with Gasteiger partial charge in [0, 0.05) is 12.5 Å². The second-order valence-corrected chi connectivity index (χ2v) is 7.28. The van der Waals surface area contributed by atoms with E-state index in [4.69, 9.17) is 5.73 Å². The van der Waals surface area contributed by atoms with Crippen LogP contribution in [0, 0.1) is 0 Å². The third-order valence-electron chi connectivity index (χ3n) is 2.58. The molecule has 10 heteroatoms. The maximum atomic E-state index is 11.9. The molecule has 4 N–H and O–H groups in total. The van der Waals surface area contributed by atoms with Crippen LogP contribution in [0.3, 0.4) is 0 Å². The van der Waals surface area contributed by atoms with Gasteiger partial charge < -0.3 is 11.1 Å². The van der Waals surface area contributed by atoms with Crippen LogP contribution in [-0.2, 0) is 14.8 Å². The van der Waals surface area contributed by atoms with Gasteiger partial charge in [-0.15, -0.1) is 10.2 Å². The van der Waals surface area contributed by atoms with Gasteiger partial charge in [-0.2, -0.15) is 0 Å². The normalized spacial score (nSPS) is 12.6. The molecule has 0 saturated heterocycles. The lowest BCUT2D eigenvalue weighted by atomic mass is 10.0. The molecule has 0 radical (unpaired) electrons. The van der Waals surface area contributed by atoms with Crippen LogP contribution in [0.1, 0.15) is 18.0 Å². The van der Waals surface area contributed by atoms with Gasteiger partial charge in [0.05, 0.1) is 6.26 Å². The van der Waals surface area contributed by atoms with Gasteiger partial charge in [0.2, 0.25) is 26.2 Å². The Morgan fingerprint density at radius 2 is 1.91 bits per heavy atom. The Labute approximate surface area is 131 Å². The minimum absolute atomic E-state index is 0.0818. The minimum Gasteiger partial charge on any atom is -0.324 e. The fourth-order valence-electron chi connectivity index (χ4n) is 1.66. The molecule has 2 aromatic rings. The fraction of sp³-hybridized carbons (Fsp3) is 0.250. The highest BCUT2D eigenvalue weighted by Gasteiger charge is 2.14. The number of nitrogens with two attached hydrogens (primary N) is 1. The summed E-state index contributed by atoms with van der Waals surface area (Å²) in [6.07, 6.45) is 1.09. The largest absolute Gasteiger partial charge is 0.324 e. The second kappa shape index (κ2) is 6.81. The second-order valence-electron chi connectivity index (χ2n) is 4.56. The average molecular weight is 341 g/mol. The van der Waals surface area contributed by atoms with Crippen LogP contribution in [0.25, 0.3) is 0 Å². The molecule has 1 heterocycles. The average Bonchev–Trinajstić information content (AvgIpc) is 2.84. The third kappa shape index (κ3) is 5.06. The maximum Gasteiger partial charge on any atom is 0.231 e. The molecule has 118 valence electrons. The Bertz CT molecular complexity index is 745. The predicted molar refractivity (Wildman–Crippen MR) is 85.0 cm³/mol. The molecule has 0 aliphatic heterocycles. The summed E-state index contributed by atoms with van der Waals surface area (Å²) in [5, 5.41) is 10.1. The molecule has 1 atom stereocenters. The Morgan fingerprint density at radius 1 is 1.27 bits per heavy atom. The van der Waals surface area contributed by atoms with Crippen molar-refractivity contribution in [1.29, 1.82) is 0 Å².